The molecule has 2 nitrogen and oxygen atoms in total. The lowest BCUT2D eigenvalue weighted by Crippen LogP contribution is -2.22. The van der Waals surface area contributed by atoms with Gasteiger partial charge < -0.3 is 9.84 Å². The lowest BCUT2D eigenvalue weighted by atomic mass is 10.0. The summed E-state index contributed by atoms with van der Waals surface area (Å²) in [6.45, 7) is 2.22. The summed E-state index contributed by atoms with van der Waals surface area (Å²) in [4.78, 5) is 0. The first-order valence-electron chi connectivity index (χ1n) is 6.25. The molecular weight excluding hydrogens is 232 g/mol. The molecule has 0 aromatic heterocycles. The highest BCUT2D eigenvalue weighted by molar-refractivity contribution is 7.99. The molecule has 3 heteroatoms. The molecule has 0 aliphatic carbocycles. The molecule has 1 aliphatic heterocycles. The maximum absolute atomic E-state index is 9.09. The van der Waals surface area contributed by atoms with E-state index in [0.717, 1.165) is 18.6 Å². The van der Waals surface area contributed by atoms with Crippen LogP contribution < -0.4 is 4.74 Å². The highest BCUT2D eigenvalue weighted by Gasteiger charge is 2.15. The van der Waals surface area contributed by atoms with E-state index in [1.165, 1.54) is 17.1 Å². The fourth-order valence-electron chi connectivity index (χ4n) is 1.97. The monoisotopic (exact) mass is 252 g/mol. The molecule has 0 amide bonds. The number of hydrogen-bond donors (Lipinski definition) is 1. The quantitative estimate of drug-likeness (QED) is 0.893. The summed E-state index contributed by atoms with van der Waals surface area (Å²) < 4.78 is 5.95. The van der Waals surface area contributed by atoms with Crippen LogP contribution in [-0.4, -0.2) is 29.3 Å². The molecule has 0 radical (unpaired) electrons. The van der Waals surface area contributed by atoms with Crippen molar-refractivity contribution in [3.8, 4) is 5.75 Å². The number of thioether (sulfide) groups is 1. The molecular formula is C14H20O2S. The molecule has 0 spiro atoms. The third-order valence-electron chi connectivity index (χ3n) is 3.19. The van der Waals surface area contributed by atoms with Gasteiger partial charge in [0.1, 0.15) is 11.9 Å². The van der Waals surface area contributed by atoms with Gasteiger partial charge in [-0.15, -0.1) is 0 Å². The molecule has 0 saturated carbocycles. The third kappa shape index (κ3) is 3.65. The topological polar surface area (TPSA) is 29.5 Å². The van der Waals surface area contributed by atoms with E-state index in [4.69, 9.17) is 9.84 Å². The Morgan fingerprint density at radius 1 is 1.29 bits per heavy atom. The summed E-state index contributed by atoms with van der Waals surface area (Å²) in [6, 6.07) is 8.13. The normalized spacial score (nSPS) is 18.9. The van der Waals surface area contributed by atoms with Crippen LogP contribution in [0.1, 0.15) is 31.2 Å². The van der Waals surface area contributed by atoms with Crippen LogP contribution in [-0.2, 0) is 0 Å². The summed E-state index contributed by atoms with van der Waals surface area (Å²) >= 11 is 2.01. The SMILES string of the molecule is CC(CO)c1ccc(OC2CCSCC2)cc1. The predicted octanol–water partition coefficient (Wildman–Crippen LogP) is 3.06. The molecule has 1 aromatic carbocycles. The van der Waals surface area contributed by atoms with Gasteiger partial charge in [0.15, 0.2) is 0 Å². The molecule has 1 fully saturated rings. The van der Waals surface area contributed by atoms with Crippen LogP contribution >= 0.6 is 11.8 Å². The number of aliphatic hydroxyl groups is 1. The largest absolute Gasteiger partial charge is 0.490 e. The van der Waals surface area contributed by atoms with Crippen molar-refractivity contribution in [2.75, 3.05) is 18.1 Å². The van der Waals surface area contributed by atoms with Gasteiger partial charge >= 0.3 is 0 Å². The van der Waals surface area contributed by atoms with E-state index in [-0.39, 0.29) is 12.5 Å². The highest BCUT2D eigenvalue weighted by Crippen LogP contribution is 2.24. The number of ether oxygens (including phenoxy) is 1. The van der Waals surface area contributed by atoms with Crippen LogP contribution in [0.2, 0.25) is 0 Å². The van der Waals surface area contributed by atoms with Gasteiger partial charge in [0.2, 0.25) is 0 Å². The van der Waals surface area contributed by atoms with Crippen molar-refractivity contribution in [1.29, 1.82) is 0 Å². The first kappa shape index (κ1) is 12.8. The van der Waals surface area contributed by atoms with Crippen molar-refractivity contribution in [1.82, 2.24) is 0 Å². The Hall–Kier alpha value is -0.670. The minimum Gasteiger partial charge on any atom is -0.490 e. The minimum absolute atomic E-state index is 0.194. The van der Waals surface area contributed by atoms with Crippen LogP contribution in [0.15, 0.2) is 24.3 Å². The van der Waals surface area contributed by atoms with Crippen LogP contribution in [0, 0.1) is 0 Å². The number of rotatable bonds is 4. The molecule has 1 atom stereocenters. The number of hydrogen-bond acceptors (Lipinski definition) is 3. The summed E-state index contributed by atoms with van der Waals surface area (Å²) in [7, 11) is 0. The van der Waals surface area contributed by atoms with Crippen molar-refractivity contribution in [2.24, 2.45) is 0 Å². The molecule has 17 heavy (non-hydrogen) atoms. The van der Waals surface area contributed by atoms with Crippen molar-refractivity contribution in [3.63, 3.8) is 0 Å². The Balaban J connectivity index is 1.93. The van der Waals surface area contributed by atoms with Gasteiger partial charge in [0, 0.05) is 12.5 Å². The Labute approximate surface area is 107 Å². The first-order valence-corrected chi connectivity index (χ1v) is 7.40. The van der Waals surface area contributed by atoms with Gasteiger partial charge in [0.05, 0.1) is 0 Å². The zero-order valence-corrected chi connectivity index (χ0v) is 11.1. The van der Waals surface area contributed by atoms with Crippen LogP contribution in [0.5, 0.6) is 5.75 Å². The summed E-state index contributed by atoms with van der Waals surface area (Å²) in [5.74, 6) is 3.58. The van der Waals surface area contributed by atoms with Gasteiger partial charge in [-0.25, -0.2) is 0 Å². The van der Waals surface area contributed by atoms with E-state index in [0.29, 0.717) is 6.10 Å². The molecule has 0 bridgehead atoms. The van der Waals surface area contributed by atoms with E-state index in [1.807, 2.05) is 43.0 Å². The van der Waals surface area contributed by atoms with E-state index < -0.39 is 0 Å². The smallest absolute Gasteiger partial charge is 0.119 e. The van der Waals surface area contributed by atoms with Gasteiger partial charge in [-0.05, 0) is 42.0 Å². The van der Waals surface area contributed by atoms with E-state index >= 15 is 0 Å². The Morgan fingerprint density at radius 3 is 2.53 bits per heavy atom. The molecule has 2 rings (SSSR count). The molecule has 94 valence electrons. The van der Waals surface area contributed by atoms with Crippen LogP contribution in [0.4, 0.5) is 0 Å². The maximum Gasteiger partial charge on any atom is 0.119 e. The van der Waals surface area contributed by atoms with Crippen molar-refractivity contribution < 1.29 is 9.84 Å². The molecule has 1 N–H and O–H groups in total. The first-order chi connectivity index (χ1) is 8.29. The average molecular weight is 252 g/mol. The van der Waals surface area contributed by atoms with Crippen molar-refractivity contribution in [3.05, 3.63) is 29.8 Å². The third-order valence-corrected chi connectivity index (χ3v) is 4.24. The second kappa shape index (κ2) is 6.31. The standard InChI is InChI=1S/C14H20O2S/c1-11(10-15)12-2-4-13(5-3-12)16-14-6-8-17-9-7-14/h2-5,11,14-15H,6-10H2,1H3. The Morgan fingerprint density at radius 2 is 1.94 bits per heavy atom. The predicted molar refractivity (Wildman–Crippen MR) is 72.9 cm³/mol. The highest BCUT2D eigenvalue weighted by atomic mass is 32.2. The van der Waals surface area contributed by atoms with Gasteiger partial charge in [-0.2, -0.15) is 11.8 Å². The van der Waals surface area contributed by atoms with Gasteiger partial charge in [0.25, 0.3) is 0 Å². The second-order valence-electron chi connectivity index (χ2n) is 4.58. The number of benzene rings is 1. The van der Waals surface area contributed by atoms with E-state index in [2.05, 4.69) is 0 Å². The number of aliphatic hydroxyl groups excluding tert-OH is 1. The van der Waals surface area contributed by atoms with E-state index in [1.54, 1.807) is 0 Å². The Bertz CT molecular complexity index is 331. The lowest BCUT2D eigenvalue weighted by Gasteiger charge is -2.23. The summed E-state index contributed by atoms with van der Waals surface area (Å²) in [6.07, 6.45) is 2.69. The molecule has 1 aromatic rings. The van der Waals surface area contributed by atoms with Crippen molar-refractivity contribution in [2.45, 2.75) is 31.8 Å². The maximum atomic E-state index is 9.09. The van der Waals surface area contributed by atoms with Crippen LogP contribution in [0.3, 0.4) is 0 Å². The van der Waals surface area contributed by atoms with Crippen LogP contribution in [0.25, 0.3) is 0 Å². The fraction of sp³-hybridized carbons (Fsp3) is 0.571. The zero-order valence-electron chi connectivity index (χ0n) is 10.3. The second-order valence-corrected chi connectivity index (χ2v) is 5.81. The van der Waals surface area contributed by atoms with Gasteiger partial charge in [-0.1, -0.05) is 19.1 Å². The molecule has 1 saturated heterocycles. The fourth-order valence-corrected chi connectivity index (χ4v) is 3.03. The average Bonchev–Trinajstić information content (AvgIpc) is 2.40. The van der Waals surface area contributed by atoms with E-state index in [9.17, 15) is 0 Å². The Kier molecular flexibility index (Phi) is 4.75. The van der Waals surface area contributed by atoms with Crippen molar-refractivity contribution >= 4 is 11.8 Å². The van der Waals surface area contributed by atoms with Gasteiger partial charge in [-0.3, -0.25) is 0 Å². The summed E-state index contributed by atoms with van der Waals surface area (Å²) in [5.41, 5.74) is 1.17. The molecule has 1 heterocycles. The molecule has 1 aliphatic rings. The lowest BCUT2D eigenvalue weighted by molar-refractivity contribution is 0.192. The molecule has 1 unspecified atom stereocenters. The zero-order chi connectivity index (χ0) is 12.1. The minimum atomic E-state index is 0.194. The summed E-state index contributed by atoms with van der Waals surface area (Å²) in [5, 5.41) is 9.09.